The topological polar surface area (TPSA) is 63.6 Å². The first-order chi connectivity index (χ1) is 11.1. The second kappa shape index (κ2) is 7.58. The second-order valence-corrected chi connectivity index (χ2v) is 5.49. The monoisotopic (exact) mass is 312 g/mol. The summed E-state index contributed by atoms with van der Waals surface area (Å²) in [6.07, 6.45) is 0.889. The molecule has 0 saturated carbocycles. The molecule has 2 aromatic carbocycles. The number of aromatic hydroxyl groups is 1. The van der Waals surface area contributed by atoms with Crippen molar-refractivity contribution in [2.45, 2.75) is 19.3 Å². The maximum absolute atomic E-state index is 12.2. The summed E-state index contributed by atoms with van der Waals surface area (Å²) < 4.78 is 5.15. The van der Waals surface area contributed by atoms with Crippen LogP contribution >= 0.6 is 0 Å². The predicted molar refractivity (Wildman–Crippen MR) is 87.8 cm³/mol. The lowest BCUT2D eigenvalue weighted by atomic mass is 9.85. The van der Waals surface area contributed by atoms with Crippen LogP contribution in [0.3, 0.4) is 0 Å². The van der Waals surface area contributed by atoms with E-state index in [4.69, 9.17) is 4.74 Å². The summed E-state index contributed by atoms with van der Waals surface area (Å²) in [6.45, 7) is 1.61. The molecule has 0 bridgehead atoms. The molecule has 0 saturated heterocycles. The molecule has 1 N–H and O–H groups in total. The molecule has 4 nitrogen and oxygen atoms in total. The smallest absolute Gasteiger partial charge is 0.160 e. The van der Waals surface area contributed by atoms with E-state index in [1.807, 2.05) is 30.3 Å². The Labute approximate surface area is 135 Å². The molecule has 0 amide bonds. The van der Waals surface area contributed by atoms with Gasteiger partial charge in [0.25, 0.3) is 0 Å². The van der Waals surface area contributed by atoms with Crippen LogP contribution in [0.2, 0.25) is 0 Å². The average Bonchev–Trinajstić information content (AvgIpc) is 2.60. The number of ether oxygens (including phenoxy) is 1. The number of carbonyl (C=O) groups is 2. The fourth-order valence-corrected chi connectivity index (χ4v) is 2.49. The average molecular weight is 312 g/mol. The number of rotatable bonds is 7. The molecule has 0 heterocycles. The van der Waals surface area contributed by atoms with Crippen molar-refractivity contribution in [3.8, 4) is 11.5 Å². The molecule has 0 spiro atoms. The van der Waals surface area contributed by atoms with Gasteiger partial charge in [-0.05, 0) is 30.2 Å². The summed E-state index contributed by atoms with van der Waals surface area (Å²) in [5.41, 5.74) is 1.84. The Morgan fingerprint density at radius 3 is 2.48 bits per heavy atom. The van der Waals surface area contributed by atoms with Crippen molar-refractivity contribution >= 4 is 12.1 Å². The van der Waals surface area contributed by atoms with Gasteiger partial charge in [-0.1, -0.05) is 36.4 Å². The number of hydrogen-bond donors (Lipinski definition) is 1. The lowest BCUT2D eigenvalue weighted by Crippen LogP contribution is -2.16. The van der Waals surface area contributed by atoms with Crippen molar-refractivity contribution in [2.75, 3.05) is 7.11 Å². The van der Waals surface area contributed by atoms with Crippen LogP contribution < -0.4 is 4.74 Å². The minimum atomic E-state index is -0.625. The van der Waals surface area contributed by atoms with Crippen molar-refractivity contribution in [1.82, 2.24) is 0 Å². The quantitative estimate of drug-likeness (QED) is 0.629. The van der Waals surface area contributed by atoms with Gasteiger partial charge in [0, 0.05) is 12.3 Å². The molecule has 0 aliphatic carbocycles. The highest BCUT2D eigenvalue weighted by Crippen LogP contribution is 2.34. The van der Waals surface area contributed by atoms with E-state index in [-0.39, 0.29) is 23.9 Å². The van der Waals surface area contributed by atoms with Gasteiger partial charge in [-0.2, -0.15) is 0 Å². The van der Waals surface area contributed by atoms with Crippen molar-refractivity contribution < 1.29 is 19.4 Å². The van der Waals surface area contributed by atoms with Gasteiger partial charge in [0.05, 0.1) is 13.0 Å². The molecule has 4 heteroatoms. The minimum absolute atomic E-state index is 0.0515. The zero-order valence-corrected chi connectivity index (χ0v) is 13.2. The standard InChI is InChI=1S/C19H20O4/c1-13(12-20)18(22)11-16(14-6-4-3-5-7-14)15-8-9-17(21)19(10-15)23-2/h3-10,12-13,16,21H,11H2,1-2H3. The predicted octanol–water partition coefficient (Wildman–Crippen LogP) is 3.33. The first kappa shape index (κ1) is 16.7. The van der Waals surface area contributed by atoms with E-state index in [0.29, 0.717) is 12.0 Å². The maximum Gasteiger partial charge on any atom is 0.160 e. The van der Waals surface area contributed by atoms with Crippen molar-refractivity contribution in [1.29, 1.82) is 0 Å². The van der Waals surface area contributed by atoms with E-state index in [2.05, 4.69) is 0 Å². The minimum Gasteiger partial charge on any atom is -0.504 e. The SMILES string of the molecule is COc1cc(C(CC(=O)C(C)C=O)c2ccccc2)ccc1O. The number of ketones is 1. The second-order valence-electron chi connectivity index (χ2n) is 5.49. The first-order valence-electron chi connectivity index (χ1n) is 7.46. The van der Waals surface area contributed by atoms with Gasteiger partial charge in [-0.25, -0.2) is 0 Å². The third-order valence-corrected chi connectivity index (χ3v) is 3.93. The molecule has 23 heavy (non-hydrogen) atoms. The molecular formula is C19H20O4. The van der Waals surface area contributed by atoms with E-state index >= 15 is 0 Å². The zero-order valence-electron chi connectivity index (χ0n) is 13.2. The molecule has 0 aliphatic heterocycles. The highest BCUT2D eigenvalue weighted by Gasteiger charge is 2.22. The summed E-state index contributed by atoms with van der Waals surface area (Å²) in [7, 11) is 1.48. The van der Waals surface area contributed by atoms with Gasteiger partial charge in [0.2, 0.25) is 0 Å². The van der Waals surface area contributed by atoms with Crippen LogP contribution in [0.25, 0.3) is 0 Å². The molecule has 2 atom stereocenters. The molecular weight excluding hydrogens is 292 g/mol. The Balaban J connectivity index is 2.41. The van der Waals surface area contributed by atoms with E-state index in [1.54, 1.807) is 25.1 Å². The highest BCUT2D eigenvalue weighted by atomic mass is 16.5. The van der Waals surface area contributed by atoms with Gasteiger partial charge in [-0.3, -0.25) is 4.79 Å². The number of Topliss-reactive ketones (excluding diaryl/α,β-unsaturated/α-hetero) is 1. The van der Waals surface area contributed by atoms with Gasteiger partial charge in [0.1, 0.15) is 12.1 Å². The van der Waals surface area contributed by atoms with E-state index < -0.39 is 5.92 Å². The Bertz CT molecular complexity index is 679. The number of hydrogen-bond acceptors (Lipinski definition) is 4. The fourth-order valence-electron chi connectivity index (χ4n) is 2.49. The zero-order chi connectivity index (χ0) is 16.8. The molecule has 2 unspecified atom stereocenters. The lowest BCUT2D eigenvalue weighted by molar-refractivity contribution is -0.126. The molecule has 0 aliphatic rings. The van der Waals surface area contributed by atoms with Crippen molar-refractivity contribution in [3.05, 3.63) is 59.7 Å². The van der Waals surface area contributed by atoms with Crippen LogP contribution in [0.15, 0.2) is 48.5 Å². The number of benzene rings is 2. The Morgan fingerprint density at radius 1 is 1.17 bits per heavy atom. The summed E-state index contributed by atoms with van der Waals surface area (Å²) >= 11 is 0. The summed E-state index contributed by atoms with van der Waals surface area (Å²) in [5.74, 6) is -0.517. The summed E-state index contributed by atoms with van der Waals surface area (Å²) in [4.78, 5) is 23.1. The Hall–Kier alpha value is -2.62. The fraction of sp³-hybridized carbons (Fsp3) is 0.263. The van der Waals surface area contributed by atoms with Crippen LogP contribution in [0.5, 0.6) is 11.5 Å². The highest BCUT2D eigenvalue weighted by molar-refractivity contribution is 5.93. The van der Waals surface area contributed by atoms with Crippen LogP contribution in [0, 0.1) is 5.92 Å². The molecule has 2 rings (SSSR count). The molecule has 0 radical (unpaired) electrons. The maximum atomic E-state index is 12.2. The lowest BCUT2D eigenvalue weighted by Gasteiger charge is -2.19. The number of phenolic OH excluding ortho intramolecular Hbond substituents is 1. The Morgan fingerprint density at radius 2 is 1.87 bits per heavy atom. The van der Waals surface area contributed by atoms with Gasteiger partial charge in [-0.15, -0.1) is 0 Å². The van der Waals surface area contributed by atoms with Crippen LogP contribution in [0.1, 0.15) is 30.4 Å². The third-order valence-electron chi connectivity index (χ3n) is 3.93. The number of phenols is 1. The van der Waals surface area contributed by atoms with Crippen molar-refractivity contribution in [2.24, 2.45) is 5.92 Å². The largest absolute Gasteiger partial charge is 0.504 e. The van der Waals surface area contributed by atoms with Gasteiger partial charge in [0.15, 0.2) is 11.5 Å². The van der Waals surface area contributed by atoms with Crippen LogP contribution in [-0.2, 0) is 9.59 Å². The van der Waals surface area contributed by atoms with E-state index in [0.717, 1.165) is 11.1 Å². The molecule has 120 valence electrons. The summed E-state index contributed by atoms with van der Waals surface area (Å²) in [6, 6.07) is 14.7. The van der Waals surface area contributed by atoms with E-state index in [1.165, 1.54) is 7.11 Å². The van der Waals surface area contributed by atoms with Gasteiger partial charge >= 0.3 is 0 Å². The van der Waals surface area contributed by atoms with Gasteiger partial charge < -0.3 is 14.6 Å². The van der Waals surface area contributed by atoms with Crippen LogP contribution in [0.4, 0.5) is 0 Å². The molecule has 0 fully saturated rings. The van der Waals surface area contributed by atoms with Crippen LogP contribution in [-0.4, -0.2) is 24.3 Å². The first-order valence-corrected chi connectivity index (χ1v) is 7.46. The number of carbonyl (C=O) groups excluding carboxylic acids is 2. The number of aldehydes is 1. The summed E-state index contributed by atoms with van der Waals surface area (Å²) in [5, 5.41) is 9.76. The van der Waals surface area contributed by atoms with E-state index in [9.17, 15) is 14.7 Å². The molecule has 2 aromatic rings. The third kappa shape index (κ3) is 3.97. The number of methoxy groups -OCH3 is 1. The molecule has 0 aromatic heterocycles. The van der Waals surface area contributed by atoms with Crippen molar-refractivity contribution in [3.63, 3.8) is 0 Å². The normalized spacial score (nSPS) is 13.1. The Kier molecular flexibility index (Phi) is 5.52.